The summed E-state index contributed by atoms with van der Waals surface area (Å²) in [5, 5.41) is 7.02. The molecule has 3 heterocycles. The molecule has 0 spiro atoms. The molecule has 0 radical (unpaired) electrons. The largest absolute Gasteiger partial charge is 0.373 e. The summed E-state index contributed by atoms with van der Waals surface area (Å²) in [5.74, 6) is 1.94. The first-order chi connectivity index (χ1) is 11.7. The van der Waals surface area contributed by atoms with Gasteiger partial charge in [0.15, 0.2) is 5.69 Å². The third-order valence-electron chi connectivity index (χ3n) is 4.49. The lowest BCUT2D eigenvalue weighted by Gasteiger charge is -2.32. The van der Waals surface area contributed by atoms with Crippen molar-refractivity contribution in [2.24, 2.45) is 0 Å². The Labute approximate surface area is 142 Å². The normalized spacial score (nSPS) is 17.8. The Morgan fingerprint density at radius 2 is 2.33 bits per heavy atom. The smallest absolute Gasteiger partial charge is 0.276 e. The van der Waals surface area contributed by atoms with Crippen LogP contribution in [0.1, 0.15) is 53.9 Å². The first-order valence-electron chi connectivity index (χ1n) is 8.59. The molecule has 0 aromatic carbocycles. The van der Waals surface area contributed by atoms with E-state index in [2.05, 4.69) is 28.4 Å². The predicted molar refractivity (Wildman–Crippen MR) is 92.2 cm³/mol. The third-order valence-corrected chi connectivity index (χ3v) is 4.49. The summed E-state index contributed by atoms with van der Waals surface area (Å²) in [6, 6.07) is 5.88. The van der Waals surface area contributed by atoms with Crippen LogP contribution in [-0.2, 0) is 6.42 Å². The number of aromatic nitrogens is 2. The maximum absolute atomic E-state index is 12.7. The lowest BCUT2D eigenvalue weighted by molar-refractivity contribution is 0.0696. The van der Waals surface area contributed by atoms with Crippen LogP contribution < -0.4 is 5.32 Å². The molecule has 1 amide bonds. The van der Waals surface area contributed by atoms with E-state index in [1.54, 1.807) is 6.07 Å². The monoisotopic (exact) mass is 328 g/mol. The van der Waals surface area contributed by atoms with Gasteiger partial charge in [0.05, 0.1) is 0 Å². The van der Waals surface area contributed by atoms with Gasteiger partial charge in [-0.15, -0.1) is 0 Å². The molecule has 1 unspecified atom stereocenters. The van der Waals surface area contributed by atoms with Crippen molar-refractivity contribution >= 4 is 11.7 Å². The lowest BCUT2D eigenvalue weighted by atomic mass is 9.91. The van der Waals surface area contributed by atoms with Crippen LogP contribution in [0.15, 0.2) is 28.9 Å². The number of anilines is 1. The second kappa shape index (κ2) is 7.47. The summed E-state index contributed by atoms with van der Waals surface area (Å²) >= 11 is 0. The van der Waals surface area contributed by atoms with Crippen molar-refractivity contribution in [2.75, 3.05) is 25.5 Å². The molecule has 1 N–H and O–H groups in total. The highest BCUT2D eigenvalue weighted by molar-refractivity contribution is 5.92. The van der Waals surface area contributed by atoms with E-state index in [9.17, 15) is 4.79 Å². The van der Waals surface area contributed by atoms with Crippen LogP contribution in [0.25, 0.3) is 0 Å². The van der Waals surface area contributed by atoms with Crippen LogP contribution in [0.3, 0.4) is 0 Å². The number of pyridine rings is 1. The zero-order valence-electron chi connectivity index (χ0n) is 14.3. The van der Waals surface area contributed by atoms with Crippen molar-refractivity contribution in [3.63, 3.8) is 0 Å². The number of amides is 1. The zero-order chi connectivity index (χ0) is 16.9. The average Bonchev–Trinajstić information content (AvgIpc) is 3.10. The molecular formula is C18H24N4O2. The predicted octanol–water partition coefficient (Wildman–Crippen LogP) is 3.08. The van der Waals surface area contributed by atoms with Crippen LogP contribution in [0.2, 0.25) is 0 Å². The van der Waals surface area contributed by atoms with Gasteiger partial charge in [-0.2, -0.15) is 0 Å². The van der Waals surface area contributed by atoms with Crippen molar-refractivity contribution < 1.29 is 9.32 Å². The van der Waals surface area contributed by atoms with E-state index >= 15 is 0 Å². The Balaban J connectivity index is 1.71. The van der Waals surface area contributed by atoms with Crippen molar-refractivity contribution in [1.29, 1.82) is 0 Å². The van der Waals surface area contributed by atoms with Crippen molar-refractivity contribution in [3.8, 4) is 0 Å². The maximum atomic E-state index is 12.7. The Morgan fingerprint density at radius 3 is 3.12 bits per heavy atom. The second-order valence-corrected chi connectivity index (χ2v) is 6.24. The highest BCUT2D eigenvalue weighted by atomic mass is 16.5. The highest BCUT2D eigenvalue weighted by Crippen LogP contribution is 2.28. The number of hydrogen-bond donors (Lipinski definition) is 1. The molecule has 2 aromatic heterocycles. The molecule has 0 bridgehead atoms. The molecule has 0 aliphatic carbocycles. The maximum Gasteiger partial charge on any atom is 0.276 e. The Morgan fingerprint density at radius 1 is 1.46 bits per heavy atom. The molecule has 1 atom stereocenters. The molecule has 2 aromatic rings. The van der Waals surface area contributed by atoms with Gasteiger partial charge < -0.3 is 14.7 Å². The quantitative estimate of drug-likeness (QED) is 0.913. The number of likely N-dealkylation sites (tertiary alicyclic amines) is 1. The van der Waals surface area contributed by atoms with E-state index < -0.39 is 0 Å². The summed E-state index contributed by atoms with van der Waals surface area (Å²) in [4.78, 5) is 18.8. The first-order valence-corrected chi connectivity index (χ1v) is 8.59. The molecule has 1 aliphatic heterocycles. The van der Waals surface area contributed by atoms with Crippen LogP contribution in [0.5, 0.6) is 0 Å². The van der Waals surface area contributed by atoms with Crippen LogP contribution in [0, 0.1) is 0 Å². The highest BCUT2D eigenvalue weighted by Gasteiger charge is 2.27. The number of piperidine rings is 1. The van der Waals surface area contributed by atoms with E-state index in [0.717, 1.165) is 43.8 Å². The standard InChI is InChI=1S/C18H24N4O2/c1-3-5-15-11-16(21-24-15)18(23)22-9-4-6-14(12-22)13-7-8-20-17(10-13)19-2/h7-8,10-11,14H,3-6,9,12H2,1-2H3,(H,19,20). The van der Waals surface area contributed by atoms with Gasteiger partial charge in [-0.3, -0.25) is 4.79 Å². The number of carbonyl (C=O) groups is 1. The van der Waals surface area contributed by atoms with Gasteiger partial charge in [-0.1, -0.05) is 12.1 Å². The third kappa shape index (κ3) is 3.58. The Bertz CT molecular complexity index is 698. The van der Waals surface area contributed by atoms with Crippen LogP contribution >= 0.6 is 0 Å². The average molecular weight is 328 g/mol. The minimum Gasteiger partial charge on any atom is -0.373 e. The fourth-order valence-corrected chi connectivity index (χ4v) is 3.21. The fourth-order valence-electron chi connectivity index (χ4n) is 3.21. The van der Waals surface area contributed by atoms with E-state index in [-0.39, 0.29) is 5.91 Å². The molecule has 1 fully saturated rings. The molecule has 128 valence electrons. The van der Waals surface area contributed by atoms with Gasteiger partial charge in [0.1, 0.15) is 11.6 Å². The number of nitrogens with zero attached hydrogens (tertiary/aromatic N) is 3. The summed E-state index contributed by atoms with van der Waals surface area (Å²) in [7, 11) is 1.86. The van der Waals surface area contributed by atoms with Crippen LogP contribution in [-0.4, -0.2) is 41.1 Å². The summed E-state index contributed by atoms with van der Waals surface area (Å²) in [5.41, 5.74) is 1.64. The zero-order valence-corrected chi connectivity index (χ0v) is 14.3. The molecule has 0 saturated carbocycles. The van der Waals surface area contributed by atoms with Crippen molar-refractivity contribution in [1.82, 2.24) is 15.0 Å². The SMILES string of the molecule is CCCc1cc(C(=O)N2CCCC(c3ccnc(NC)c3)C2)no1. The molecular weight excluding hydrogens is 304 g/mol. The Kier molecular flexibility index (Phi) is 5.13. The van der Waals surface area contributed by atoms with Gasteiger partial charge in [-0.05, 0) is 37.0 Å². The molecule has 6 nitrogen and oxygen atoms in total. The lowest BCUT2D eigenvalue weighted by Crippen LogP contribution is -2.39. The van der Waals surface area contributed by atoms with Gasteiger partial charge in [0.25, 0.3) is 5.91 Å². The van der Waals surface area contributed by atoms with E-state index in [1.807, 2.05) is 24.2 Å². The summed E-state index contributed by atoms with van der Waals surface area (Å²) < 4.78 is 5.24. The van der Waals surface area contributed by atoms with Crippen molar-refractivity contribution in [2.45, 2.75) is 38.5 Å². The molecule has 1 aliphatic rings. The van der Waals surface area contributed by atoms with Crippen LogP contribution in [0.4, 0.5) is 5.82 Å². The van der Waals surface area contributed by atoms with Gasteiger partial charge >= 0.3 is 0 Å². The minimum absolute atomic E-state index is 0.0336. The van der Waals surface area contributed by atoms with E-state index in [1.165, 1.54) is 5.56 Å². The van der Waals surface area contributed by atoms with Crippen molar-refractivity contribution in [3.05, 3.63) is 41.4 Å². The number of carbonyl (C=O) groups excluding carboxylic acids is 1. The number of nitrogens with one attached hydrogen (secondary N) is 1. The second-order valence-electron chi connectivity index (χ2n) is 6.24. The number of hydrogen-bond acceptors (Lipinski definition) is 5. The fraction of sp³-hybridized carbons (Fsp3) is 0.500. The van der Waals surface area contributed by atoms with Gasteiger partial charge in [0.2, 0.25) is 0 Å². The van der Waals surface area contributed by atoms with Gasteiger partial charge in [0, 0.05) is 44.7 Å². The summed E-state index contributed by atoms with van der Waals surface area (Å²) in [6.07, 6.45) is 5.68. The topological polar surface area (TPSA) is 71.3 Å². The van der Waals surface area contributed by atoms with Gasteiger partial charge in [-0.25, -0.2) is 4.98 Å². The molecule has 6 heteroatoms. The minimum atomic E-state index is -0.0336. The summed E-state index contributed by atoms with van der Waals surface area (Å²) in [6.45, 7) is 3.56. The first kappa shape index (κ1) is 16.5. The Hall–Kier alpha value is -2.37. The molecule has 1 saturated heterocycles. The number of rotatable bonds is 5. The molecule has 24 heavy (non-hydrogen) atoms. The van der Waals surface area contributed by atoms with E-state index in [0.29, 0.717) is 18.2 Å². The van der Waals surface area contributed by atoms with E-state index in [4.69, 9.17) is 4.52 Å². The number of aryl methyl sites for hydroxylation is 1. The molecule has 3 rings (SSSR count).